The Hall–Kier alpha value is -2.67. The van der Waals surface area contributed by atoms with Gasteiger partial charge >= 0.3 is 6.18 Å². The summed E-state index contributed by atoms with van der Waals surface area (Å²) in [4.78, 5) is 0. The van der Waals surface area contributed by atoms with Crippen LogP contribution in [-0.4, -0.2) is 26.5 Å². The van der Waals surface area contributed by atoms with Crippen LogP contribution in [0.25, 0.3) is 22.5 Å². The van der Waals surface area contributed by atoms with E-state index in [4.69, 9.17) is 0 Å². The number of hydrogen-bond acceptors (Lipinski definition) is 3. The fourth-order valence-electron chi connectivity index (χ4n) is 2.84. The number of rotatable bonds is 4. The van der Waals surface area contributed by atoms with Gasteiger partial charge in [0.15, 0.2) is 5.82 Å². The van der Waals surface area contributed by atoms with Gasteiger partial charge in [0.1, 0.15) is 5.82 Å². The molecule has 0 spiro atoms. The second kappa shape index (κ2) is 6.92. The normalized spacial score (nSPS) is 11.8. The first-order valence-corrected chi connectivity index (χ1v) is 8.10. The molecule has 0 saturated carbocycles. The number of aliphatic hydroxyl groups excluding tert-OH is 1. The van der Waals surface area contributed by atoms with Gasteiger partial charge in [0.2, 0.25) is 0 Å². The van der Waals surface area contributed by atoms with Crippen LogP contribution in [0.2, 0.25) is 0 Å². The van der Waals surface area contributed by atoms with Gasteiger partial charge in [0.25, 0.3) is 0 Å². The number of alkyl halides is 3. The molecular weight excluding hydrogens is 343 g/mol. The van der Waals surface area contributed by atoms with Crippen molar-refractivity contribution in [2.75, 3.05) is 6.61 Å². The molecule has 26 heavy (non-hydrogen) atoms. The molecule has 0 atom stereocenters. The monoisotopic (exact) mass is 361 g/mol. The predicted octanol–water partition coefficient (Wildman–Crippen LogP) is 4.24. The van der Waals surface area contributed by atoms with Crippen LogP contribution in [0.5, 0.6) is 0 Å². The Labute approximate surface area is 148 Å². The van der Waals surface area contributed by atoms with Crippen molar-refractivity contribution in [1.82, 2.24) is 14.8 Å². The van der Waals surface area contributed by atoms with Crippen molar-refractivity contribution in [3.8, 4) is 22.5 Å². The third-order valence-corrected chi connectivity index (χ3v) is 4.28. The van der Waals surface area contributed by atoms with E-state index in [2.05, 4.69) is 10.2 Å². The van der Waals surface area contributed by atoms with Gasteiger partial charge in [-0.1, -0.05) is 24.3 Å². The zero-order valence-electron chi connectivity index (χ0n) is 14.4. The van der Waals surface area contributed by atoms with E-state index in [0.717, 1.165) is 28.8 Å². The summed E-state index contributed by atoms with van der Waals surface area (Å²) in [7, 11) is 0. The van der Waals surface area contributed by atoms with Crippen molar-refractivity contribution in [2.24, 2.45) is 0 Å². The molecule has 3 rings (SSSR count). The molecule has 1 heterocycles. The minimum absolute atomic E-state index is 0.0382. The highest BCUT2D eigenvalue weighted by molar-refractivity contribution is 5.72. The number of aliphatic hydroxyl groups is 1. The van der Waals surface area contributed by atoms with Crippen molar-refractivity contribution < 1.29 is 18.3 Å². The Kier molecular flexibility index (Phi) is 4.82. The average Bonchev–Trinajstić information content (AvgIpc) is 2.96. The molecule has 0 amide bonds. The highest BCUT2D eigenvalue weighted by atomic mass is 19.4. The summed E-state index contributed by atoms with van der Waals surface area (Å²) < 4.78 is 40.0. The van der Waals surface area contributed by atoms with E-state index in [0.29, 0.717) is 23.8 Å². The summed E-state index contributed by atoms with van der Waals surface area (Å²) in [5, 5.41) is 17.5. The summed E-state index contributed by atoms with van der Waals surface area (Å²) in [5.41, 5.74) is 2.59. The van der Waals surface area contributed by atoms with Crippen molar-refractivity contribution in [3.63, 3.8) is 0 Å². The van der Waals surface area contributed by atoms with Gasteiger partial charge in [-0.3, -0.25) is 0 Å². The second-order valence-electron chi connectivity index (χ2n) is 6.05. The van der Waals surface area contributed by atoms with E-state index in [1.54, 1.807) is 6.92 Å². The minimum atomic E-state index is -4.35. The maximum atomic E-state index is 12.7. The van der Waals surface area contributed by atoms with Gasteiger partial charge in [-0.15, -0.1) is 10.2 Å². The zero-order chi connectivity index (χ0) is 18.9. The molecule has 0 unspecified atom stereocenters. The maximum Gasteiger partial charge on any atom is 0.416 e. The molecule has 1 N–H and O–H groups in total. The summed E-state index contributed by atoms with van der Waals surface area (Å²) in [6.45, 7) is 4.07. The number of aromatic nitrogens is 3. The third-order valence-electron chi connectivity index (χ3n) is 4.28. The Balaban J connectivity index is 2.04. The van der Waals surface area contributed by atoms with E-state index in [-0.39, 0.29) is 6.61 Å². The molecule has 4 nitrogen and oxygen atoms in total. The summed E-state index contributed by atoms with van der Waals surface area (Å²) >= 11 is 0. The van der Waals surface area contributed by atoms with E-state index in [9.17, 15) is 18.3 Å². The average molecular weight is 361 g/mol. The lowest BCUT2D eigenvalue weighted by molar-refractivity contribution is -0.137. The fraction of sp³-hybridized carbons (Fsp3) is 0.263. The standard InChI is InChI=1S/C19H18F3N3O/c1-12-3-4-15(14-5-7-16(8-6-14)19(20,21)22)11-17(12)18-24-23-13(2)25(18)9-10-26/h3-8,11,26H,9-10H2,1-2H3. The predicted molar refractivity (Wildman–Crippen MR) is 92.5 cm³/mol. The Morgan fingerprint density at radius 1 is 0.962 bits per heavy atom. The molecule has 7 heteroatoms. The van der Waals surface area contributed by atoms with Crippen LogP contribution in [0.1, 0.15) is 17.0 Å². The van der Waals surface area contributed by atoms with Crippen LogP contribution in [0.4, 0.5) is 13.2 Å². The highest BCUT2D eigenvalue weighted by Crippen LogP contribution is 2.32. The van der Waals surface area contributed by atoms with Crippen molar-refractivity contribution in [2.45, 2.75) is 26.6 Å². The lowest BCUT2D eigenvalue weighted by Gasteiger charge is -2.12. The molecule has 136 valence electrons. The SMILES string of the molecule is Cc1ccc(-c2ccc(C(F)(F)F)cc2)cc1-c1nnc(C)n1CCO. The number of benzene rings is 2. The summed E-state index contributed by atoms with van der Waals surface area (Å²) in [5.74, 6) is 1.32. The summed E-state index contributed by atoms with van der Waals surface area (Å²) in [6, 6.07) is 10.7. The van der Waals surface area contributed by atoms with E-state index in [1.807, 2.05) is 29.7 Å². The Morgan fingerprint density at radius 2 is 1.62 bits per heavy atom. The van der Waals surface area contributed by atoms with Crippen molar-refractivity contribution >= 4 is 0 Å². The van der Waals surface area contributed by atoms with E-state index in [1.165, 1.54) is 12.1 Å². The Morgan fingerprint density at radius 3 is 2.23 bits per heavy atom. The molecular formula is C19H18F3N3O. The van der Waals surface area contributed by atoms with Crippen LogP contribution in [0.3, 0.4) is 0 Å². The number of nitrogens with zero attached hydrogens (tertiary/aromatic N) is 3. The first kappa shape index (κ1) is 18.1. The summed E-state index contributed by atoms with van der Waals surface area (Å²) in [6.07, 6.45) is -4.35. The van der Waals surface area contributed by atoms with E-state index >= 15 is 0 Å². The van der Waals surface area contributed by atoms with Crippen LogP contribution >= 0.6 is 0 Å². The topological polar surface area (TPSA) is 50.9 Å². The lowest BCUT2D eigenvalue weighted by Crippen LogP contribution is -2.07. The number of hydrogen-bond donors (Lipinski definition) is 1. The molecule has 0 fully saturated rings. The quantitative estimate of drug-likeness (QED) is 0.756. The maximum absolute atomic E-state index is 12.7. The molecule has 0 radical (unpaired) electrons. The van der Waals surface area contributed by atoms with Crippen LogP contribution in [-0.2, 0) is 12.7 Å². The fourth-order valence-corrected chi connectivity index (χ4v) is 2.84. The van der Waals surface area contributed by atoms with Crippen LogP contribution < -0.4 is 0 Å². The molecule has 0 saturated heterocycles. The molecule has 0 aliphatic carbocycles. The van der Waals surface area contributed by atoms with Crippen molar-refractivity contribution in [1.29, 1.82) is 0 Å². The molecule has 0 bridgehead atoms. The molecule has 3 aromatic rings. The molecule has 0 aliphatic heterocycles. The first-order valence-electron chi connectivity index (χ1n) is 8.10. The van der Waals surface area contributed by atoms with Gasteiger partial charge in [0.05, 0.1) is 12.2 Å². The van der Waals surface area contributed by atoms with E-state index < -0.39 is 11.7 Å². The van der Waals surface area contributed by atoms with Crippen LogP contribution in [0, 0.1) is 13.8 Å². The lowest BCUT2D eigenvalue weighted by atomic mass is 9.98. The molecule has 2 aromatic carbocycles. The Bertz CT molecular complexity index is 915. The van der Waals surface area contributed by atoms with Gasteiger partial charge in [-0.25, -0.2) is 0 Å². The third kappa shape index (κ3) is 3.48. The van der Waals surface area contributed by atoms with Crippen LogP contribution in [0.15, 0.2) is 42.5 Å². The van der Waals surface area contributed by atoms with Gasteiger partial charge < -0.3 is 9.67 Å². The first-order chi connectivity index (χ1) is 12.3. The number of aryl methyl sites for hydroxylation is 2. The van der Waals surface area contributed by atoms with Crippen molar-refractivity contribution in [3.05, 3.63) is 59.4 Å². The number of halogens is 3. The zero-order valence-corrected chi connectivity index (χ0v) is 14.4. The molecule has 0 aliphatic rings. The smallest absolute Gasteiger partial charge is 0.395 e. The second-order valence-corrected chi connectivity index (χ2v) is 6.05. The molecule has 1 aromatic heterocycles. The van der Waals surface area contributed by atoms with Gasteiger partial charge in [-0.2, -0.15) is 13.2 Å². The van der Waals surface area contributed by atoms with Gasteiger partial charge in [-0.05, 0) is 48.7 Å². The van der Waals surface area contributed by atoms with Gasteiger partial charge in [0, 0.05) is 12.1 Å². The minimum Gasteiger partial charge on any atom is -0.395 e. The largest absolute Gasteiger partial charge is 0.416 e. The highest BCUT2D eigenvalue weighted by Gasteiger charge is 2.30.